The molecule has 1 aliphatic rings. The predicted molar refractivity (Wildman–Crippen MR) is 91.3 cm³/mol. The molecule has 1 unspecified atom stereocenters. The van der Waals surface area contributed by atoms with Gasteiger partial charge in [0, 0.05) is 19.1 Å². The lowest BCUT2D eigenvalue weighted by Crippen LogP contribution is -2.24. The SMILES string of the molecule is CC(CC(C)(C)CCC(=O)O)OS(=O)(=O)c1ccc2c(c1)CC=N2. The van der Waals surface area contributed by atoms with E-state index in [4.69, 9.17) is 9.29 Å². The Labute approximate surface area is 142 Å². The van der Waals surface area contributed by atoms with E-state index >= 15 is 0 Å². The van der Waals surface area contributed by atoms with Crippen LogP contribution in [0, 0.1) is 5.41 Å². The third-order valence-electron chi connectivity index (χ3n) is 4.03. The van der Waals surface area contributed by atoms with Crippen LogP contribution in [0.5, 0.6) is 0 Å². The maximum Gasteiger partial charge on any atom is 0.303 e. The fraction of sp³-hybridized carbons (Fsp3) is 0.529. The summed E-state index contributed by atoms with van der Waals surface area (Å²) in [6.45, 7) is 5.51. The molecule has 132 valence electrons. The number of rotatable bonds is 8. The minimum absolute atomic E-state index is 0.0529. The molecule has 0 saturated carbocycles. The molecule has 6 nitrogen and oxygen atoms in total. The summed E-state index contributed by atoms with van der Waals surface area (Å²) in [5.74, 6) is -0.857. The molecule has 1 atom stereocenters. The van der Waals surface area contributed by atoms with E-state index in [1.807, 2.05) is 13.8 Å². The van der Waals surface area contributed by atoms with Gasteiger partial charge < -0.3 is 5.11 Å². The van der Waals surface area contributed by atoms with Crippen LogP contribution in [0.2, 0.25) is 0 Å². The molecule has 7 heteroatoms. The third kappa shape index (κ3) is 4.88. The lowest BCUT2D eigenvalue weighted by molar-refractivity contribution is -0.137. The van der Waals surface area contributed by atoms with E-state index < -0.39 is 22.2 Å². The highest BCUT2D eigenvalue weighted by Gasteiger charge is 2.27. The van der Waals surface area contributed by atoms with Crippen molar-refractivity contribution >= 4 is 28.0 Å². The number of hydrogen-bond donors (Lipinski definition) is 1. The highest BCUT2D eigenvalue weighted by molar-refractivity contribution is 7.86. The van der Waals surface area contributed by atoms with Gasteiger partial charge >= 0.3 is 5.97 Å². The first-order chi connectivity index (χ1) is 11.1. The van der Waals surface area contributed by atoms with Gasteiger partial charge in [0.15, 0.2) is 0 Å². The van der Waals surface area contributed by atoms with Gasteiger partial charge in [-0.15, -0.1) is 0 Å². The Balaban J connectivity index is 2.02. The molecule has 24 heavy (non-hydrogen) atoms. The second kappa shape index (κ2) is 7.03. The fourth-order valence-electron chi connectivity index (χ4n) is 2.88. The minimum atomic E-state index is -3.86. The normalized spacial score (nSPS) is 15.3. The summed E-state index contributed by atoms with van der Waals surface area (Å²) in [6.07, 6.45) is 2.80. The first-order valence-corrected chi connectivity index (χ1v) is 9.30. The molecule has 0 aromatic heterocycles. The number of nitrogens with zero attached hydrogens (tertiary/aromatic N) is 1. The van der Waals surface area contributed by atoms with Gasteiger partial charge in [0.2, 0.25) is 0 Å². The van der Waals surface area contributed by atoms with Crippen LogP contribution in [0.15, 0.2) is 28.1 Å². The number of aliphatic carboxylic acids is 1. The standard InChI is InChI=1S/C17H23NO5S/c1-12(11-17(2,3)8-6-16(19)20)23-24(21,22)14-4-5-15-13(10-14)7-9-18-15/h4-5,9-10,12H,6-8,11H2,1-3H3,(H,19,20). The topological polar surface area (TPSA) is 93.0 Å². The van der Waals surface area contributed by atoms with Gasteiger partial charge in [0.05, 0.1) is 16.7 Å². The minimum Gasteiger partial charge on any atom is -0.481 e. The van der Waals surface area contributed by atoms with Crippen LogP contribution in [0.4, 0.5) is 5.69 Å². The number of carboxylic acid groups (broad SMARTS) is 1. The lowest BCUT2D eigenvalue weighted by atomic mass is 9.82. The van der Waals surface area contributed by atoms with Crippen molar-refractivity contribution in [1.82, 2.24) is 0 Å². The summed E-state index contributed by atoms with van der Waals surface area (Å²) in [5.41, 5.74) is 1.34. The van der Waals surface area contributed by atoms with Gasteiger partial charge in [-0.25, -0.2) is 0 Å². The number of aliphatic imine (C=N–C) groups is 1. The average Bonchev–Trinajstić information content (AvgIpc) is 2.91. The maximum atomic E-state index is 12.4. The third-order valence-corrected chi connectivity index (χ3v) is 5.44. The van der Waals surface area contributed by atoms with Crippen LogP contribution in [-0.4, -0.2) is 31.8 Å². The molecule has 1 aromatic carbocycles. The van der Waals surface area contributed by atoms with Gasteiger partial charge in [-0.2, -0.15) is 8.42 Å². The second-order valence-electron chi connectivity index (χ2n) is 6.93. The Kier molecular flexibility index (Phi) is 5.45. The number of carboxylic acids is 1. The van der Waals surface area contributed by atoms with Crippen molar-refractivity contribution in [1.29, 1.82) is 0 Å². The number of fused-ring (bicyclic) bond motifs is 1. The zero-order valence-electron chi connectivity index (χ0n) is 14.2. The largest absolute Gasteiger partial charge is 0.481 e. The van der Waals surface area contributed by atoms with Crippen molar-refractivity contribution in [3.8, 4) is 0 Å². The molecule has 1 N–H and O–H groups in total. The average molecular weight is 353 g/mol. The zero-order chi connectivity index (χ0) is 18.0. The van der Waals surface area contributed by atoms with Crippen LogP contribution in [-0.2, 0) is 25.5 Å². The summed E-state index contributed by atoms with van der Waals surface area (Å²) in [4.78, 5) is 15.0. The predicted octanol–water partition coefficient (Wildman–Crippen LogP) is 3.32. The van der Waals surface area contributed by atoms with E-state index in [1.165, 1.54) is 6.07 Å². The molecular formula is C17H23NO5S. The zero-order valence-corrected chi connectivity index (χ0v) is 15.0. The van der Waals surface area contributed by atoms with E-state index in [2.05, 4.69) is 4.99 Å². The highest BCUT2D eigenvalue weighted by atomic mass is 32.2. The van der Waals surface area contributed by atoms with Crippen LogP contribution < -0.4 is 0 Å². The molecule has 2 rings (SSSR count). The second-order valence-corrected chi connectivity index (χ2v) is 8.50. The molecule has 0 fully saturated rings. The summed E-state index contributed by atoms with van der Waals surface area (Å²) in [6, 6.07) is 4.77. The molecular weight excluding hydrogens is 330 g/mol. The van der Waals surface area contributed by atoms with Crippen LogP contribution in [0.25, 0.3) is 0 Å². The fourth-order valence-corrected chi connectivity index (χ4v) is 4.01. The lowest BCUT2D eigenvalue weighted by Gasteiger charge is -2.27. The first kappa shape index (κ1) is 18.6. The monoisotopic (exact) mass is 353 g/mol. The molecule has 1 aliphatic heterocycles. The van der Waals surface area contributed by atoms with E-state index in [1.54, 1.807) is 25.3 Å². The van der Waals surface area contributed by atoms with E-state index in [9.17, 15) is 13.2 Å². The van der Waals surface area contributed by atoms with Gasteiger partial charge in [-0.1, -0.05) is 13.8 Å². The molecule has 1 aromatic rings. The van der Waals surface area contributed by atoms with Gasteiger partial charge in [-0.3, -0.25) is 14.0 Å². The van der Waals surface area contributed by atoms with Gasteiger partial charge in [-0.05, 0) is 48.9 Å². The molecule has 0 aliphatic carbocycles. The van der Waals surface area contributed by atoms with Crippen LogP contribution in [0.1, 0.15) is 45.6 Å². The number of hydrogen-bond acceptors (Lipinski definition) is 5. The van der Waals surface area contributed by atoms with Crippen molar-refractivity contribution in [3.05, 3.63) is 23.8 Å². The van der Waals surface area contributed by atoms with Crippen molar-refractivity contribution < 1.29 is 22.5 Å². The molecule has 0 bridgehead atoms. The molecule has 1 heterocycles. The van der Waals surface area contributed by atoms with Crippen LogP contribution >= 0.6 is 0 Å². The van der Waals surface area contributed by atoms with Crippen molar-refractivity contribution in [2.24, 2.45) is 10.4 Å². The quantitative estimate of drug-likeness (QED) is 0.724. The first-order valence-electron chi connectivity index (χ1n) is 7.90. The number of carbonyl (C=O) groups is 1. The molecule has 0 radical (unpaired) electrons. The Morgan fingerprint density at radius 1 is 1.42 bits per heavy atom. The summed E-state index contributed by atoms with van der Waals surface area (Å²) in [7, 11) is -3.86. The summed E-state index contributed by atoms with van der Waals surface area (Å²) >= 11 is 0. The van der Waals surface area contributed by atoms with Crippen molar-refractivity contribution in [2.75, 3.05) is 0 Å². The summed E-state index contributed by atoms with van der Waals surface area (Å²) < 4.78 is 30.2. The van der Waals surface area contributed by atoms with Crippen molar-refractivity contribution in [3.63, 3.8) is 0 Å². The molecule has 0 saturated heterocycles. The number of benzene rings is 1. The van der Waals surface area contributed by atoms with E-state index in [-0.39, 0.29) is 16.7 Å². The van der Waals surface area contributed by atoms with Gasteiger partial charge in [0.1, 0.15) is 0 Å². The molecule has 0 spiro atoms. The smallest absolute Gasteiger partial charge is 0.303 e. The van der Waals surface area contributed by atoms with Gasteiger partial charge in [0.25, 0.3) is 10.1 Å². The Bertz CT molecular complexity index is 752. The Morgan fingerprint density at radius 2 is 2.12 bits per heavy atom. The van der Waals surface area contributed by atoms with Crippen molar-refractivity contribution in [2.45, 2.75) is 57.5 Å². The van der Waals surface area contributed by atoms with Crippen LogP contribution in [0.3, 0.4) is 0 Å². The molecule has 0 amide bonds. The van der Waals surface area contributed by atoms with E-state index in [0.717, 1.165) is 11.3 Å². The Morgan fingerprint density at radius 3 is 2.79 bits per heavy atom. The summed E-state index contributed by atoms with van der Waals surface area (Å²) in [5, 5.41) is 8.79. The Hall–Kier alpha value is -1.73. The maximum absolute atomic E-state index is 12.4. The highest BCUT2D eigenvalue weighted by Crippen LogP contribution is 2.32. The van der Waals surface area contributed by atoms with E-state index in [0.29, 0.717) is 19.3 Å².